The molecule has 3 N–H and O–H groups in total. The van der Waals surface area contributed by atoms with E-state index in [0.717, 1.165) is 42.0 Å². The Morgan fingerprint density at radius 2 is 2.00 bits per heavy atom. The zero-order valence-corrected chi connectivity index (χ0v) is 17.6. The van der Waals surface area contributed by atoms with E-state index in [0.29, 0.717) is 12.8 Å². The number of nitrogens with zero attached hydrogens (tertiary/aromatic N) is 2. The van der Waals surface area contributed by atoms with Crippen molar-refractivity contribution in [3.63, 3.8) is 0 Å². The third-order valence-electron chi connectivity index (χ3n) is 7.87. The molecular weight excluding hydrogens is 382 g/mol. The molecule has 1 aliphatic heterocycles. The Morgan fingerprint density at radius 3 is 2.70 bits per heavy atom. The van der Waals surface area contributed by atoms with Crippen LogP contribution in [0.1, 0.15) is 39.2 Å². The fourth-order valence-electron chi connectivity index (χ4n) is 6.23. The van der Waals surface area contributed by atoms with Gasteiger partial charge in [-0.2, -0.15) is 0 Å². The molecule has 3 aliphatic rings. The molecule has 2 aliphatic carbocycles. The molecule has 2 bridgehead atoms. The number of carbonyl (C=O) groups excluding carboxylic acids is 1. The summed E-state index contributed by atoms with van der Waals surface area (Å²) in [7, 11) is 5.40. The minimum atomic E-state index is -1.02. The second-order valence-electron chi connectivity index (χ2n) is 9.09. The second kappa shape index (κ2) is 6.18. The zero-order chi connectivity index (χ0) is 21.4. The minimum absolute atomic E-state index is 0.0211. The van der Waals surface area contributed by atoms with Gasteiger partial charge in [-0.3, -0.25) is 9.59 Å². The van der Waals surface area contributed by atoms with Gasteiger partial charge in [0.1, 0.15) is 11.3 Å². The fraction of sp³-hybridized carbons (Fsp3) is 0.478. The number of amides is 1. The smallest absolute Gasteiger partial charge is 0.263 e. The van der Waals surface area contributed by atoms with Gasteiger partial charge in [-0.15, -0.1) is 0 Å². The van der Waals surface area contributed by atoms with Crippen LogP contribution in [-0.4, -0.2) is 52.8 Å². The first-order valence-electron chi connectivity index (χ1n) is 10.3. The molecule has 7 nitrogen and oxygen atoms in total. The number of aromatic nitrogens is 1. The third-order valence-corrected chi connectivity index (χ3v) is 7.87. The van der Waals surface area contributed by atoms with Gasteiger partial charge in [-0.25, -0.2) is 0 Å². The SMILES string of the molecule is COc1ccc2c(c1)C13CCN(C)C(C2)C1(O)Cc1cc(C(N)=O)c(=O)n(C)c1C3. The number of carbonyl (C=O) groups is 1. The summed E-state index contributed by atoms with van der Waals surface area (Å²) < 4.78 is 7.05. The summed E-state index contributed by atoms with van der Waals surface area (Å²) in [5.74, 6) is 0.0355. The van der Waals surface area contributed by atoms with Crippen molar-refractivity contribution < 1.29 is 14.6 Å². The van der Waals surface area contributed by atoms with Crippen molar-refractivity contribution in [3.05, 3.63) is 62.6 Å². The number of likely N-dealkylation sites (N-methyl/N-ethyl adjacent to an activating group) is 1. The maximum atomic E-state index is 12.8. The van der Waals surface area contributed by atoms with Crippen molar-refractivity contribution in [2.45, 2.75) is 42.7 Å². The number of nitrogens with two attached hydrogens (primary N) is 1. The van der Waals surface area contributed by atoms with Gasteiger partial charge in [0.05, 0.1) is 12.7 Å². The van der Waals surface area contributed by atoms with Gasteiger partial charge >= 0.3 is 0 Å². The largest absolute Gasteiger partial charge is 0.497 e. The number of primary amides is 1. The Hall–Kier alpha value is -2.64. The van der Waals surface area contributed by atoms with Gasteiger partial charge in [0.2, 0.25) is 0 Å². The van der Waals surface area contributed by atoms with Gasteiger partial charge < -0.3 is 25.0 Å². The average Bonchev–Trinajstić information content (AvgIpc) is 2.71. The summed E-state index contributed by atoms with van der Waals surface area (Å²) in [5, 5.41) is 12.3. The van der Waals surface area contributed by atoms with Crippen LogP contribution in [0.5, 0.6) is 5.75 Å². The highest BCUT2D eigenvalue weighted by atomic mass is 16.5. The third kappa shape index (κ3) is 2.27. The molecule has 0 spiro atoms. The summed E-state index contributed by atoms with van der Waals surface area (Å²) in [5.41, 5.74) is 7.56. The van der Waals surface area contributed by atoms with E-state index in [1.807, 2.05) is 6.07 Å². The van der Waals surface area contributed by atoms with Crippen LogP contribution < -0.4 is 16.0 Å². The average molecular weight is 409 g/mol. The van der Waals surface area contributed by atoms with E-state index in [4.69, 9.17) is 10.5 Å². The Balaban J connectivity index is 1.79. The molecule has 7 heteroatoms. The van der Waals surface area contributed by atoms with Gasteiger partial charge in [0.25, 0.3) is 11.5 Å². The summed E-state index contributed by atoms with van der Waals surface area (Å²) in [6.07, 6.45) is 2.44. The molecule has 0 radical (unpaired) electrons. The maximum Gasteiger partial charge on any atom is 0.263 e. The van der Waals surface area contributed by atoms with Gasteiger partial charge in [-0.1, -0.05) is 6.07 Å². The van der Waals surface area contributed by atoms with Gasteiger partial charge in [-0.05, 0) is 61.3 Å². The number of ether oxygens (including phenoxy) is 1. The predicted octanol–water partition coefficient (Wildman–Crippen LogP) is 0.521. The summed E-state index contributed by atoms with van der Waals surface area (Å²) in [4.78, 5) is 26.8. The number of hydrogen-bond donors (Lipinski definition) is 2. The topological polar surface area (TPSA) is 97.8 Å². The Kier molecular flexibility index (Phi) is 3.98. The van der Waals surface area contributed by atoms with E-state index in [2.05, 4.69) is 24.1 Å². The molecule has 5 rings (SSSR count). The lowest BCUT2D eigenvalue weighted by atomic mass is 9.49. The van der Waals surface area contributed by atoms with Crippen molar-refractivity contribution in [2.24, 2.45) is 12.8 Å². The molecule has 1 aromatic carbocycles. The van der Waals surface area contributed by atoms with Crippen molar-refractivity contribution in [3.8, 4) is 5.75 Å². The quantitative estimate of drug-likeness (QED) is 0.754. The number of rotatable bonds is 2. The lowest BCUT2D eigenvalue weighted by Gasteiger charge is -2.63. The highest BCUT2D eigenvalue weighted by molar-refractivity contribution is 5.92. The monoisotopic (exact) mass is 409 g/mol. The van der Waals surface area contributed by atoms with Crippen LogP contribution in [0.15, 0.2) is 29.1 Å². The first-order valence-corrected chi connectivity index (χ1v) is 10.3. The summed E-state index contributed by atoms with van der Waals surface area (Å²) >= 11 is 0. The Labute approximate surface area is 175 Å². The van der Waals surface area contributed by atoms with Gasteiger partial charge in [0, 0.05) is 37.0 Å². The van der Waals surface area contributed by atoms with E-state index in [9.17, 15) is 14.7 Å². The first kappa shape index (κ1) is 19.3. The first-order chi connectivity index (χ1) is 14.2. The van der Waals surface area contributed by atoms with Crippen LogP contribution in [0.3, 0.4) is 0 Å². The van der Waals surface area contributed by atoms with Crippen LogP contribution >= 0.6 is 0 Å². The Morgan fingerprint density at radius 1 is 1.23 bits per heavy atom. The van der Waals surface area contributed by atoms with E-state index < -0.39 is 16.9 Å². The molecule has 1 aromatic heterocycles. The van der Waals surface area contributed by atoms with E-state index in [1.165, 1.54) is 5.56 Å². The molecule has 2 heterocycles. The zero-order valence-electron chi connectivity index (χ0n) is 17.6. The summed E-state index contributed by atoms with van der Waals surface area (Å²) in [6, 6.07) is 7.69. The minimum Gasteiger partial charge on any atom is -0.497 e. The van der Waals surface area contributed by atoms with Gasteiger partial charge in [0.15, 0.2) is 0 Å². The number of fused-ring (bicyclic) bond motifs is 2. The molecule has 1 amide bonds. The highest BCUT2D eigenvalue weighted by Gasteiger charge is 2.64. The molecule has 3 atom stereocenters. The molecule has 30 heavy (non-hydrogen) atoms. The van der Waals surface area contributed by atoms with E-state index >= 15 is 0 Å². The number of hydrogen-bond acceptors (Lipinski definition) is 5. The van der Waals surface area contributed by atoms with Crippen molar-refractivity contribution in [2.75, 3.05) is 20.7 Å². The molecule has 3 unspecified atom stereocenters. The standard InChI is InChI=1S/C23H27N3O4/c1-25-7-6-22-12-18-14(8-16(20(24)27)21(28)26(18)2)11-23(22,29)19(25)9-13-4-5-15(30-3)10-17(13)22/h4-5,8,10,19,29H,6-7,9,11-12H2,1-3H3,(H2,24,27). The van der Waals surface area contributed by atoms with Crippen LogP contribution in [0.4, 0.5) is 0 Å². The number of benzene rings is 1. The number of methoxy groups -OCH3 is 1. The lowest BCUT2D eigenvalue weighted by molar-refractivity contribution is -0.145. The number of piperidine rings is 1. The van der Waals surface area contributed by atoms with Crippen LogP contribution in [0.2, 0.25) is 0 Å². The highest BCUT2D eigenvalue weighted by Crippen LogP contribution is 2.56. The van der Waals surface area contributed by atoms with Crippen molar-refractivity contribution in [1.82, 2.24) is 9.47 Å². The van der Waals surface area contributed by atoms with Crippen LogP contribution in [0, 0.1) is 0 Å². The normalized spacial score (nSPS) is 29.5. The Bertz CT molecular complexity index is 1140. The molecule has 1 fully saturated rings. The van der Waals surface area contributed by atoms with Crippen molar-refractivity contribution in [1.29, 1.82) is 0 Å². The number of aliphatic hydroxyl groups is 1. The van der Waals surface area contributed by atoms with Crippen LogP contribution in [-0.2, 0) is 31.7 Å². The molecular formula is C23H27N3O4. The van der Waals surface area contributed by atoms with E-state index in [-0.39, 0.29) is 17.2 Å². The molecule has 0 saturated carbocycles. The summed E-state index contributed by atoms with van der Waals surface area (Å²) in [6.45, 7) is 0.867. The molecule has 158 valence electrons. The van der Waals surface area contributed by atoms with Crippen LogP contribution in [0.25, 0.3) is 0 Å². The second-order valence-corrected chi connectivity index (χ2v) is 9.09. The number of pyridine rings is 1. The predicted molar refractivity (Wildman–Crippen MR) is 112 cm³/mol. The molecule has 1 saturated heterocycles. The fourth-order valence-corrected chi connectivity index (χ4v) is 6.23. The van der Waals surface area contributed by atoms with E-state index in [1.54, 1.807) is 24.8 Å². The number of likely N-dealkylation sites (tertiary alicyclic amines) is 1. The van der Waals surface area contributed by atoms with Crippen molar-refractivity contribution >= 4 is 5.91 Å². The maximum absolute atomic E-state index is 12.8. The lowest BCUT2D eigenvalue weighted by Crippen LogP contribution is -2.73. The molecule has 2 aromatic rings.